The molecule has 7 heteroatoms. The third-order valence-electron chi connectivity index (χ3n) is 6.42. The average Bonchev–Trinajstić information content (AvgIpc) is 3.47. The number of ether oxygens (including phenoxy) is 2. The number of fused-ring (bicyclic) bond motifs is 4. The summed E-state index contributed by atoms with van der Waals surface area (Å²) in [6, 6.07) is 19.1. The number of para-hydroxylation sites is 1. The molecule has 6 rings (SSSR count). The first-order valence-corrected chi connectivity index (χ1v) is 11.8. The summed E-state index contributed by atoms with van der Waals surface area (Å²) >= 11 is 12.6. The number of carbonyl (C=O) groups excluding carboxylic acids is 1. The lowest BCUT2D eigenvalue weighted by atomic mass is 9.92. The molecule has 1 aromatic heterocycles. The summed E-state index contributed by atoms with van der Waals surface area (Å²) in [7, 11) is 0. The fraction of sp³-hybridized carbons (Fsp3) is 0.148. The molecular formula is C27H20Cl2N2O3. The number of amides is 1. The third-order valence-corrected chi connectivity index (χ3v) is 7.08. The largest absolute Gasteiger partial charge is 0.454 e. The number of benzene rings is 3. The highest BCUT2D eigenvalue weighted by atomic mass is 35.5. The van der Waals surface area contributed by atoms with Crippen molar-refractivity contribution < 1.29 is 14.3 Å². The van der Waals surface area contributed by atoms with Gasteiger partial charge in [0.25, 0.3) is 0 Å². The highest BCUT2D eigenvalue weighted by molar-refractivity contribution is 6.37. The smallest absolute Gasteiger partial charge is 0.247 e. The zero-order valence-electron chi connectivity index (χ0n) is 18.1. The van der Waals surface area contributed by atoms with E-state index in [1.54, 1.807) is 30.4 Å². The van der Waals surface area contributed by atoms with Gasteiger partial charge in [-0.3, -0.25) is 4.79 Å². The Kier molecular flexibility index (Phi) is 5.24. The zero-order valence-corrected chi connectivity index (χ0v) is 19.6. The predicted octanol–water partition coefficient (Wildman–Crippen LogP) is 6.39. The summed E-state index contributed by atoms with van der Waals surface area (Å²) in [5.41, 5.74) is 4.90. The Morgan fingerprint density at radius 1 is 1.00 bits per heavy atom. The van der Waals surface area contributed by atoms with Crippen molar-refractivity contribution in [1.82, 2.24) is 9.88 Å². The fourth-order valence-corrected chi connectivity index (χ4v) is 5.35. The molecular weight excluding hydrogens is 471 g/mol. The SMILES string of the molecule is O=C(/C=C/c1c(Cl)cccc1Cl)N1CCc2c([nH]c3ccccc23)C1c1ccc2c(c1)OCO2. The maximum atomic E-state index is 13.5. The molecule has 4 aromatic rings. The minimum Gasteiger partial charge on any atom is -0.454 e. The van der Waals surface area contributed by atoms with Crippen molar-refractivity contribution in [3.05, 3.63) is 99.2 Å². The van der Waals surface area contributed by atoms with Crippen LogP contribution in [0.5, 0.6) is 11.5 Å². The molecule has 3 aromatic carbocycles. The van der Waals surface area contributed by atoms with E-state index in [0.29, 0.717) is 33.7 Å². The van der Waals surface area contributed by atoms with Gasteiger partial charge in [-0.25, -0.2) is 0 Å². The van der Waals surface area contributed by atoms with Crippen molar-refractivity contribution in [2.24, 2.45) is 0 Å². The van der Waals surface area contributed by atoms with Crippen LogP contribution in [0, 0.1) is 0 Å². The van der Waals surface area contributed by atoms with Gasteiger partial charge in [-0.2, -0.15) is 0 Å². The van der Waals surface area contributed by atoms with Crippen LogP contribution in [0.1, 0.15) is 28.4 Å². The van der Waals surface area contributed by atoms with Crippen molar-refractivity contribution >= 4 is 46.1 Å². The molecule has 0 bridgehead atoms. The third kappa shape index (κ3) is 3.52. The van der Waals surface area contributed by atoms with Crippen molar-refractivity contribution in [3.63, 3.8) is 0 Å². The molecule has 0 radical (unpaired) electrons. The Bertz CT molecular complexity index is 1440. The standard InChI is InChI=1S/C27H20Cl2N2O3/c28-20-5-3-6-21(29)19(20)9-11-25(32)31-13-12-18-17-4-1-2-7-22(17)30-26(18)27(31)16-8-10-23-24(14-16)34-15-33-23/h1-11,14,27,30H,12-13,15H2/b11-9+. The molecule has 0 saturated carbocycles. The number of hydrogen-bond acceptors (Lipinski definition) is 3. The quantitative estimate of drug-likeness (QED) is 0.338. The number of H-pyrrole nitrogens is 1. The average molecular weight is 491 g/mol. The number of rotatable bonds is 3. The van der Waals surface area contributed by atoms with Gasteiger partial charge in [-0.15, -0.1) is 0 Å². The van der Waals surface area contributed by atoms with Gasteiger partial charge in [0.1, 0.15) is 0 Å². The van der Waals surface area contributed by atoms with E-state index < -0.39 is 0 Å². The molecule has 1 atom stereocenters. The van der Waals surface area contributed by atoms with E-state index in [-0.39, 0.29) is 18.7 Å². The van der Waals surface area contributed by atoms with Gasteiger partial charge in [0.2, 0.25) is 12.7 Å². The Morgan fingerprint density at radius 2 is 1.79 bits per heavy atom. The van der Waals surface area contributed by atoms with E-state index in [4.69, 9.17) is 32.7 Å². The molecule has 0 spiro atoms. The van der Waals surface area contributed by atoms with Crippen LogP contribution in [0.25, 0.3) is 17.0 Å². The Hall–Kier alpha value is -3.41. The molecule has 3 heterocycles. The Balaban J connectivity index is 1.43. The van der Waals surface area contributed by atoms with E-state index in [1.165, 1.54) is 10.9 Å². The van der Waals surface area contributed by atoms with Crippen LogP contribution in [0.2, 0.25) is 10.0 Å². The number of aromatic amines is 1. The normalized spacial score (nSPS) is 16.9. The Labute approximate surface area is 206 Å². The Morgan fingerprint density at radius 3 is 2.65 bits per heavy atom. The van der Waals surface area contributed by atoms with Crippen LogP contribution in [0.15, 0.2) is 66.7 Å². The number of aromatic nitrogens is 1. The number of carbonyl (C=O) groups is 1. The fourth-order valence-electron chi connectivity index (χ4n) is 4.83. The van der Waals surface area contributed by atoms with E-state index in [1.807, 2.05) is 35.2 Å². The van der Waals surface area contributed by atoms with Crippen molar-refractivity contribution in [1.29, 1.82) is 0 Å². The molecule has 1 amide bonds. The molecule has 2 aliphatic heterocycles. The topological polar surface area (TPSA) is 54.6 Å². The number of halogens is 2. The van der Waals surface area contributed by atoms with Crippen molar-refractivity contribution in [3.8, 4) is 11.5 Å². The summed E-state index contributed by atoms with van der Waals surface area (Å²) in [5, 5.41) is 2.19. The summed E-state index contributed by atoms with van der Waals surface area (Å²) in [5.74, 6) is 1.28. The van der Waals surface area contributed by atoms with Crippen LogP contribution in [0.3, 0.4) is 0 Å². The van der Waals surface area contributed by atoms with Gasteiger partial charge in [0.15, 0.2) is 11.5 Å². The second-order valence-corrected chi connectivity index (χ2v) is 9.14. The van der Waals surface area contributed by atoms with E-state index in [0.717, 1.165) is 23.2 Å². The van der Waals surface area contributed by atoms with Crippen molar-refractivity contribution in [2.75, 3.05) is 13.3 Å². The van der Waals surface area contributed by atoms with Gasteiger partial charge in [0, 0.05) is 44.8 Å². The van der Waals surface area contributed by atoms with Crippen LogP contribution in [-0.4, -0.2) is 29.1 Å². The highest BCUT2D eigenvalue weighted by Gasteiger charge is 2.34. The number of nitrogens with zero attached hydrogens (tertiary/aromatic N) is 1. The van der Waals surface area contributed by atoms with Crippen LogP contribution >= 0.6 is 23.2 Å². The van der Waals surface area contributed by atoms with Gasteiger partial charge < -0.3 is 19.4 Å². The summed E-state index contributed by atoms with van der Waals surface area (Å²) < 4.78 is 11.1. The van der Waals surface area contributed by atoms with Crippen LogP contribution < -0.4 is 9.47 Å². The molecule has 0 saturated heterocycles. The monoisotopic (exact) mass is 490 g/mol. The van der Waals surface area contributed by atoms with E-state index >= 15 is 0 Å². The second-order valence-electron chi connectivity index (χ2n) is 8.33. The molecule has 1 unspecified atom stereocenters. The molecule has 34 heavy (non-hydrogen) atoms. The molecule has 0 aliphatic carbocycles. The molecule has 0 fully saturated rings. The van der Waals surface area contributed by atoms with Gasteiger partial charge in [-0.1, -0.05) is 53.5 Å². The molecule has 1 N–H and O–H groups in total. The minimum absolute atomic E-state index is 0.122. The van der Waals surface area contributed by atoms with E-state index in [2.05, 4.69) is 17.1 Å². The summed E-state index contributed by atoms with van der Waals surface area (Å²) in [4.78, 5) is 19.0. The zero-order chi connectivity index (χ0) is 23.2. The second kappa shape index (κ2) is 8.42. The lowest BCUT2D eigenvalue weighted by molar-refractivity contribution is -0.128. The molecule has 2 aliphatic rings. The maximum Gasteiger partial charge on any atom is 0.247 e. The molecule has 170 valence electrons. The summed E-state index contributed by atoms with van der Waals surface area (Å²) in [6.07, 6.45) is 3.98. The lowest BCUT2D eigenvalue weighted by Crippen LogP contribution is -2.39. The van der Waals surface area contributed by atoms with E-state index in [9.17, 15) is 4.79 Å². The van der Waals surface area contributed by atoms with Gasteiger partial charge in [0.05, 0.1) is 6.04 Å². The maximum absolute atomic E-state index is 13.5. The number of nitrogens with one attached hydrogen (secondary N) is 1. The molecule has 5 nitrogen and oxygen atoms in total. The van der Waals surface area contributed by atoms with Crippen molar-refractivity contribution in [2.45, 2.75) is 12.5 Å². The first-order chi connectivity index (χ1) is 16.6. The first-order valence-electron chi connectivity index (χ1n) is 11.0. The predicted molar refractivity (Wildman–Crippen MR) is 134 cm³/mol. The van der Waals surface area contributed by atoms with Crippen LogP contribution in [-0.2, 0) is 11.2 Å². The van der Waals surface area contributed by atoms with Gasteiger partial charge >= 0.3 is 0 Å². The summed E-state index contributed by atoms with van der Waals surface area (Å²) in [6.45, 7) is 0.776. The lowest BCUT2D eigenvalue weighted by Gasteiger charge is -2.35. The highest BCUT2D eigenvalue weighted by Crippen LogP contribution is 2.42. The van der Waals surface area contributed by atoms with Gasteiger partial charge in [-0.05, 0) is 54.0 Å². The van der Waals surface area contributed by atoms with Crippen LogP contribution in [0.4, 0.5) is 0 Å². The first kappa shape index (κ1) is 21.1. The minimum atomic E-state index is -0.301. The number of hydrogen-bond donors (Lipinski definition) is 1.